The second-order valence-electron chi connectivity index (χ2n) is 5.39. The normalized spacial score (nSPS) is 18.4. The van der Waals surface area contributed by atoms with Crippen LogP contribution in [0.25, 0.3) is 0 Å². The Morgan fingerprint density at radius 2 is 1.93 bits per heavy atom. The fourth-order valence-electron chi connectivity index (χ4n) is 1.10. The number of allylic oxidation sites excluding steroid dienone is 2. The van der Waals surface area contributed by atoms with Gasteiger partial charge in [-0.05, 0) is 30.6 Å². The van der Waals surface area contributed by atoms with E-state index < -0.39 is 8.32 Å². The minimum Gasteiger partial charge on any atom is -0.541 e. The second-order valence-corrected chi connectivity index (χ2v) is 10.1. The van der Waals surface area contributed by atoms with Gasteiger partial charge in [-0.1, -0.05) is 20.8 Å². The van der Waals surface area contributed by atoms with Crippen LogP contribution in [-0.4, -0.2) is 14.1 Å². The predicted molar refractivity (Wildman–Crippen MR) is 60.6 cm³/mol. The lowest BCUT2D eigenvalue weighted by atomic mass is 10.2. The Morgan fingerprint density at radius 3 is 2.29 bits per heavy atom. The Hall–Kier alpha value is -0.573. The van der Waals surface area contributed by atoms with Gasteiger partial charge in [0.05, 0.1) is 0 Å². The van der Waals surface area contributed by atoms with E-state index in [1.165, 1.54) is 0 Å². The molecular formula is C11H20O2Si. The number of ketones is 1. The van der Waals surface area contributed by atoms with Gasteiger partial charge in [0, 0.05) is 6.42 Å². The highest BCUT2D eigenvalue weighted by molar-refractivity contribution is 6.74. The Bertz CT molecular complexity index is 272. The van der Waals surface area contributed by atoms with Gasteiger partial charge in [0.2, 0.25) is 0 Å². The van der Waals surface area contributed by atoms with Crippen LogP contribution >= 0.6 is 0 Å². The molecule has 80 valence electrons. The minimum atomic E-state index is -1.80. The summed E-state index contributed by atoms with van der Waals surface area (Å²) >= 11 is 0. The molecule has 0 heterocycles. The Morgan fingerprint density at radius 1 is 1.36 bits per heavy atom. The molecule has 0 atom stereocenters. The van der Waals surface area contributed by atoms with Gasteiger partial charge in [-0.2, -0.15) is 0 Å². The molecule has 1 aliphatic rings. The zero-order valence-electron chi connectivity index (χ0n) is 9.81. The van der Waals surface area contributed by atoms with Crippen LogP contribution in [0, 0.1) is 0 Å². The van der Waals surface area contributed by atoms with Crippen LogP contribution in [0.3, 0.4) is 0 Å². The average Bonchev–Trinajstić information content (AvgIpc) is 2.33. The number of carbonyl (C=O) groups excluding carboxylic acids is 1. The average molecular weight is 212 g/mol. The van der Waals surface area contributed by atoms with Crippen molar-refractivity contribution in [2.24, 2.45) is 0 Å². The molecule has 0 aromatic heterocycles. The summed E-state index contributed by atoms with van der Waals surface area (Å²) in [6, 6.07) is 0. The monoisotopic (exact) mass is 212 g/mol. The van der Waals surface area contributed by atoms with E-state index in [9.17, 15) is 4.79 Å². The highest BCUT2D eigenvalue weighted by Gasteiger charge is 2.40. The molecule has 0 radical (unpaired) electrons. The molecule has 0 saturated heterocycles. The van der Waals surface area contributed by atoms with Crippen molar-refractivity contribution in [1.82, 2.24) is 0 Å². The second kappa shape index (κ2) is 3.53. The van der Waals surface area contributed by atoms with Crippen molar-refractivity contribution in [2.75, 3.05) is 0 Å². The molecule has 0 spiro atoms. The van der Waals surface area contributed by atoms with Crippen molar-refractivity contribution in [3.63, 3.8) is 0 Å². The quantitative estimate of drug-likeness (QED) is 0.657. The summed E-state index contributed by atoms with van der Waals surface area (Å²) in [5.74, 6) is 0.798. The van der Waals surface area contributed by atoms with Crippen LogP contribution in [0.2, 0.25) is 18.1 Å². The molecule has 0 aromatic carbocycles. The van der Waals surface area contributed by atoms with E-state index in [-0.39, 0.29) is 10.8 Å². The Labute approximate surface area is 87.5 Å². The third kappa shape index (κ3) is 2.26. The van der Waals surface area contributed by atoms with Crippen LogP contribution in [0.15, 0.2) is 11.8 Å². The largest absolute Gasteiger partial charge is 0.541 e. The summed E-state index contributed by atoms with van der Waals surface area (Å²) in [4.78, 5) is 11.4. The summed E-state index contributed by atoms with van der Waals surface area (Å²) in [5, 5.41) is 0.163. The van der Waals surface area contributed by atoms with Crippen molar-refractivity contribution in [1.29, 1.82) is 0 Å². The van der Waals surface area contributed by atoms with Crippen LogP contribution in [0.4, 0.5) is 0 Å². The van der Waals surface area contributed by atoms with E-state index in [2.05, 4.69) is 33.9 Å². The van der Waals surface area contributed by atoms with E-state index in [4.69, 9.17) is 4.43 Å². The molecule has 0 fully saturated rings. The van der Waals surface area contributed by atoms with Gasteiger partial charge >= 0.3 is 0 Å². The molecule has 0 aliphatic heterocycles. The van der Waals surface area contributed by atoms with Gasteiger partial charge in [0.25, 0.3) is 8.32 Å². The van der Waals surface area contributed by atoms with Gasteiger partial charge in [0.15, 0.2) is 5.78 Å². The molecule has 0 N–H and O–H groups in total. The predicted octanol–water partition coefficient (Wildman–Crippen LogP) is 3.26. The van der Waals surface area contributed by atoms with Crippen molar-refractivity contribution in [2.45, 2.75) is 51.7 Å². The first-order valence-electron chi connectivity index (χ1n) is 5.16. The zero-order valence-corrected chi connectivity index (χ0v) is 10.8. The van der Waals surface area contributed by atoms with Gasteiger partial charge in [-0.15, -0.1) is 0 Å². The van der Waals surface area contributed by atoms with E-state index >= 15 is 0 Å². The van der Waals surface area contributed by atoms with Crippen LogP contribution < -0.4 is 0 Å². The fourth-order valence-corrected chi connectivity index (χ4v) is 2.15. The molecule has 1 aliphatic carbocycles. The zero-order chi connectivity index (χ0) is 11.0. The number of Topliss-reactive ketones (excluding diaryl/α,β-unsaturated/α-hetero) is 1. The van der Waals surface area contributed by atoms with E-state index in [1.54, 1.807) is 0 Å². The molecular weight excluding hydrogens is 192 g/mol. The van der Waals surface area contributed by atoms with E-state index in [1.807, 2.05) is 6.08 Å². The van der Waals surface area contributed by atoms with Gasteiger partial charge in [0.1, 0.15) is 5.76 Å². The highest BCUT2D eigenvalue weighted by atomic mass is 28.4. The van der Waals surface area contributed by atoms with Crippen molar-refractivity contribution in [3.05, 3.63) is 11.8 Å². The maximum absolute atomic E-state index is 11.4. The highest BCUT2D eigenvalue weighted by Crippen LogP contribution is 2.38. The van der Waals surface area contributed by atoms with Crippen LogP contribution in [0.5, 0.6) is 0 Å². The van der Waals surface area contributed by atoms with E-state index in [0.29, 0.717) is 12.2 Å². The van der Waals surface area contributed by atoms with Crippen LogP contribution in [0.1, 0.15) is 33.6 Å². The molecule has 14 heavy (non-hydrogen) atoms. The van der Waals surface area contributed by atoms with Gasteiger partial charge in [-0.3, -0.25) is 4.79 Å². The summed E-state index contributed by atoms with van der Waals surface area (Å²) in [6.07, 6.45) is 3.41. The van der Waals surface area contributed by atoms with Crippen molar-refractivity contribution in [3.8, 4) is 0 Å². The molecule has 0 unspecified atom stereocenters. The van der Waals surface area contributed by atoms with E-state index in [0.717, 1.165) is 6.42 Å². The molecule has 3 heteroatoms. The lowest BCUT2D eigenvalue weighted by molar-refractivity contribution is -0.116. The molecule has 0 amide bonds. The standard InChI is InChI=1S/C11H20O2Si/c1-11(2,3)14(4,5)13-10-8-6-7-9(10)12/h8H,6-7H2,1-5H3. The molecule has 0 aromatic rings. The lowest BCUT2D eigenvalue weighted by Crippen LogP contribution is -2.41. The number of hydrogen-bond acceptors (Lipinski definition) is 2. The number of rotatable bonds is 2. The topological polar surface area (TPSA) is 26.3 Å². The molecule has 1 rings (SSSR count). The Kier molecular flexibility index (Phi) is 2.90. The number of hydrogen-bond donors (Lipinski definition) is 0. The van der Waals surface area contributed by atoms with Crippen molar-refractivity contribution < 1.29 is 9.22 Å². The summed E-state index contributed by atoms with van der Waals surface area (Å²) < 4.78 is 5.93. The summed E-state index contributed by atoms with van der Waals surface area (Å²) in [7, 11) is -1.80. The van der Waals surface area contributed by atoms with Gasteiger partial charge < -0.3 is 4.43 Å². The number of carbonyl (C=O) groups is 1. The summed E-state index contributed by atoms with van der Waals surface area (Å²) in [5.41, 5.74) is 0. The minimum absolute atomic E-state index is 0.163. The van der Waals surface area contributed by atoms with Gasteiger partial charge in [-0.25, -0.2) is 0 Å². The maximum atomic E-state index is 11.4. The maximum Gasteiger partial charge on any atom is 0.250 e. The lowest BCUT2D eigenvalue weighted by Gasteiger charge is -2.36. The first-order chi connectivity index (χ1) is 6.24. The molecule has 0 bridgehead atoms. The first-order valence-corrected chi connectivity index (χ1v) is 8.07. The third-order valence-corrected chi connectivity index (χ3v) is 7.49. The summed E-state index contributed by atoms with van der Waals surface area (Å²) in [6.45, 7) is 10.9. The SMILES string of the molecule is CC(C)(C)[Si](C)(C)OC1=CCCC1=O. The Balaban J connectivity index is 2.73. The van der Waals surface area contributed by atoms with Crippen molar-refractivity contribution >= 4 is 14.1 Å². The molecule has 2 nitrogen and oxygen atoms in total. The fraction of sp³-hybridized carbons (Fsp3) is 0.727. The van der Waals surface area contributed by atoms with Crippen LogP contribution in [-0.2, 0) is 9.22 Å². The third-order valence-electron chi connectivity index (χ3n) is 3.15. The smallest absolute Gasteiger partial charge is 0.250 e. The molecule has 0 saturated carbocycles. The first kappa shape index (κ1) is 11.5.